The molecule has 0 saturated heterocycles. The van der Waals surface area contributed by atoms with Gasteiger partial charge in [-0.1, -0.05) is 0 Å². The third-order valence-electron chi connectivity index (χ3n) is 3.88. The van der Waals surface area contributed by atoms with Crippen LogP contribution < -0.4 is 15.2 Å². The molecule has 1 aromatic heterocycles. The van der Waals surface area contributed by atoms with Gasteiger partial charge >= 0.3 is 5.97 Å². The summed E-state index contributed by atoms with van der Waals surface area (Å²) in [6.45, 7) is 0.335. The Hall–Kier alpha value is -2.68. The molecular formula is C15H15F2N3O4. The number of halogens is 2. The van der Waals surface area contributed by atoms with Crippen molar-refractivity contribution >= 4 is 16.9 Å². The average molecular weight is 339 g/mol. The molecule has 2 aromatic rings. The normalized spacial score (nSPS) is 16.6. The monoisotopic (exact) mass is 339 g/mol. The molecule has 1 unspecified atom stereocenters. The molecule has 2 heterocycles. The zero-order valence-corrected chi connectivity index (χ0v) is 13.2. The third kappa shape index (κ3) is 2.28. The quantitative estimate of drug-likeness (QED) is 0.893. The number of benzene rings is 1. The van der Waals surface area contributed by atoms with Gasteiger partial charge in [0.1, 0.15) is 11.1 Å². The fourth-order valence-electron chi connectivity index (χ4n) is 2.71. The predicted molar refractivity (Wildman–Crippen MR) is 82.2 cm³/mol. The van der Waals surface area contributed by atoms with Crippen LogP contribution in [0.1, 0.15) is 10.4 Å². The maximum atomic E-state index is 14.2. The Bertz CT molecular complexity index is 910. The van der Waals surface area contributed by atoms with Crippen molar-refractivity contribution in [2.24, 2.45) is 0 Å². The number of pyridine rings is 1. The summed E-state index contributed by atoms with van der Waals surface area (Å²) in [5, 5.41) is 10.5. The Balaban J connectivity index is 2.38. The predicted octanol–water partition coefficient (Wildman–Crippen LogP) is 0.826. The van der Waals surface area contributed by atoms with Crippen LogP contribution in [-0.4, -0.2) is 54.6 Å². The zero-order valence-electron chi connectivity index (χ0n) is 13.2. The van der Waals surface area contributed by atoms with Crippen molar-refractivity contribution in [2.45, 2.75) is 6.23 Å². The van der Waals surface area contributed by atoms with Crippen molar-refractivity contribution in [1.82, 2.24) is 9.58 Å². The van der Waals surface area contributed by atoms with Gasteiger partial charge in [-0.05, 0) is 20.2 Å². The van der Waals surface area contributed by atoms with E-state index in [0.717, 1.165) is 6.20 Å². The summed E-state index contributed by atoms with van der Waals surface area (Å²) < 4.78 is 35.0. The zero-order chi connectivity index (χ0) is 17.8. The molecule has 0 fully saturated rings. The minimum absolute atomic E-state index is 0.00130. The first-order valence-electron chi connectivity index (χ1n) is 7.07. The molecule has 1 N–H and O–H groups in total. The lowest BCUT2D eigenvalue weighted by molar-refractivity contribution is 0.0693. The van der Waals surface area contributed by atoms with Gasteiger partial charge in [0, 0.05) is 13.2 Å². The lowest BCUT2D eigenvalue weighted by Gasteiger charge is -2.38. The highest BCUT2D eigenvalue weighted by atomic mass is 19.2. The van der Waals surface area contributed by atoms with Crippen LogP contribution in [0.15, 0.2) is 17.1 Å². The van der Waals surface area contributed by atoms with Gasteiger partial charge in [-0.3, -0.25) is 14.5 Å². The number of carbonyl (C=O) groups is 1. The molecule has 3 rings (SSSR count). The summed E-state index contributed by atoms with van der Waals surface area (Å²) in [6.07, 6.45) is 0.398. The number of nitrogens with zero attached hydrogens (tertiary/aromatic N) is 3. The van der Waals surface area contributed by atoms with Crippen molar-refractivity contribution in [3.63, 3.8) is 0 Å². The second-order valence-corrected chi connectivity index (χ2v) is 5.83. The van der Waals surface area contributed by atoms with E-state index < -0.39 is 40.6 Å². The summed E-state index contributed by atoms with van der Waals surface area (Å²) in [5.41, 5.74) is -1.42. The highest BCUT2D eigenvalue weighted by Crippen LogP contribution is 2.34. The number of ether oxygens (including phenoxy) is 1. The average Bonchev–Trinajstić information content (AvgIpc) is 2.49. The fourth-order valence-corrected chi connectivity index (χ4v) is 2.71. The topological polar surface area (TPSA) is 75.0 Å². The van der Waals surface area contributed by atoms with E-state index in [1.807, 2.05) is 0 Å². The highest BCUT2D eigenvalue weighted by Gasteiger charge is 2.32. The Kier molecular flexibility index (Phi) is 3.67. The number of aromatic carboxylic acids is 1. The second-order valence-electron chi connectivity index (χ2n) is 5.83. The minimum atomic E-state index is -1.44. The van der Waals surface area contributed by atoms with Crippen molar-refractivity contribution in [2.75, 3.05) is 32.7 Å². The molecule has 24 heavy (non-hydrogen) atoms. The summed E-state index contributed by atoms with van der Waals surface area (Å²) in [4.78, 5) is 25.4. The first kappa shape index (κ1) is 16.2. The summed E-state index contributed by atoms with van der Waals surface area (Å²) in [7, 11) is 5.16. The summed E-state index contributed by atoms with van der Waals surface area (Å²) in [6, 6.07) is 0.697. The molecular weight excluding hydrogens is 324 g/mol. The van der Waals surface area contributed by atoms with E-state index in [2.05, 4.69) is 0 Å². The van der Waals surface area contributed by atoms with Crippen molar-refractivity contribution in [3.8, 4) is 5.75 Å². The van der Waals surface area contributed by atoms with E-state index in [0.29, 0.717) is 12.6 Å². The molecule has 0 saturated carbocycles. The molecule has 1 aliphatic rings. The highest BCUT2D eigenvalue weighted by molar-refractivity contribution is 5.94. The van der Waals surface area contributed by atoms with Crippen LogP contribution in [0.2, 0.25) is 0 Å². The minimum Gasteiger partial charge on any atom is -0.477 e. The van der Waals surface area contributed by atoms with Gasteiger partial charge < -0.3 is 14.7 Å². The molecule has 0 spiro atoms. The molecule has 128 valence electrons. The lowest BCUT2D eigenvalue weighted by atomic mass is 10.1. The maximum absolute atomic E-state index is 14.2. The van der Waals surface area contributed by atoms with Crippen LogP contribution in [-0.2, 0) is 0 Å². The van der Waals surface area contributed by atoms with E-state index in [9.17, 15) is 23.5 Å². The fraction of sp³-hybridized carbons (Fsp3) is 0.333. The lowest BCUT2D eigenvalue weighted by Crippen LogP contribution is -2.52. The Morgan fingerprint density at radius 1 is 1.42 bits per heavy atom. The van der Waals surface area contributed by atoms with Gasteiger partial charge in [0.05, 0.1) is 11.9 Å². The van der Waals surface area contributed by atoms with Gasteiger partial charge in [0.25, 0.3) is 0 Å². The smallest absolute Gasteiger partial charge is 0.341 e. The largest absolute Gasteiger partial charge is 0.477 e. The number of likely N-dealkylation sites (N-methyl/N-ethyl adjacent to an activating group) is 2. The number of rotatable bonds is 3. The van der Waals surface area contributed by atoms with E-state index in [1.165, 1.54) is 9.69 Å². The maximum Gasteiger partial charge on any atom is 0.341 e. The molecule has 0 aliphatic carbocycles. The van der Waals surface area contributed by atoms with Crippen LogP contribution in [0.3, 0.4) is 0 Å². The molecule has 1 aromatic carbocycles. The second kappa shape index (κ2) is 5.45. The molecule has 1 aliphatic heterocycles. The van der Waals surface area contributed by atoms with Gasteiger partial charge in [0.2, 0.25) is 11.2 Å². The van der Waals surface area contributed by atoms with E-state index in [1.54, 1.807) is 26.0 Å². The van der Waals surface area contributed by atoms with Gasteiger partial charge in [-0.25, -0.2) is 9.18 Å². The number of hydrogen-bond donors (Lipinski definition) is 1. The number of aromatic nitrogens is 1. The number of carboxylic acid groups (broad SMARTS) is 1. The van der Waals surface area contributed by atoms with Crippen LogP contribution >= 0.6 is 0 Å². The van der Waals surface area contributed by atoms with Gasteiger partial charge in [-0.2, -0.15) is 4.39 Å². The molecule has 0 amide bonds. The first-order valence-corrected chi connectivity index (χ1v) is 7.07. The van der Waals surface area contributed by atoms with Crippen LogP contribution in [0.5, 0.6) is 5.75 Å². The Morgan fingerprint density at radius 3 is 2.67 bits per heavy atom. The van der Waals surface area contributed by atoms with E-state index in [-0.39, 0.29) is 10.9 Å². The Morgan fingerprint density at radius 2 is 2.08 bits per heavy atom. The SMILES string of the molecule is CN(C)CC1Oc2c(F)c(F)cc3c(=O)c(C(=O)O)cn(c23)N1C. The van der Waals surface area contributed by atoms with Crippen molar-refractivity contribution in [1.29, 1.82) is 0 Å². The molecule has 9 heteroatoms. The standard InChI is InChI=1S/C15H15F2N3O4/c1-18(2)6-10-19(3)20-5-8(15(22)23)13(21)7-4-9(16)11(17)14(24-10)12(7)20/h4-5,10H,6H2,1-3H3,(H,22,23). The molecule has 7 nitrogen and oxygen atoms in total. The number of hydrogen-bond acceptors (Lipinski definition) is 5. The summed E-state index contributed by atoms with van der Waals surface area (Å²) >= 11 is 0. The van der Waals surface area contributed by atoms with Crippen molar-refractivity contribution < 1.29 is 23.4 Å². The molecule has 0 bridgehead atoms. The third-order valence-corrected chi connectivity index (χ3v) is 3.88. The van der Waals surface area contributed by atoms with Crippen LogP contribution in [0.25, 0.3) is 10.9 Å². The first-order chi connectivity index (χ1) is 11.2. The summed E-state index contributed by atoms with van der Waals surface area (Å²) in [5.74, 6) is -4.32. The molecule has 0 radical (unpaired) electrons. The van der Waals surface area contributed by atoms with E-state index in [4.69, 9.17) is 4.74 Å². The van der Waals surface area contributed by atoms with Gasteiger partial charge in [-0.15, -0.1) is 0 Å². The van der Waals surface area contributed by atoms with Crippen molar-refractivity contribution in [3.05, 3.63) is 39.7 Å². The van der Waals surface area contributed by atoms with Crippen LogP contribution in [0.4, 0.5) is 8.78 Å². The number of carboxylic acids is 1. The van der Waals surface area contributed by atoms with Gasteiger partial charge in [0.15, 0.2) is 17.8 Å². The molecule has 1 atom stereocenters. The van der Waals surface area contributed by atoms with Crippen LogP contribution in [0, 0.1) is 11.6 Å². The Labute approximate surface area is 135 Å². The van der Waals surface area contributed by atoms with E-state index >= 15 is 0 Å².